The summed E-state index contributed by atoms with van der Waals surface area (Å²) in [4.78, 5) is 68.1. The second-order valence-electron chi connectivity index (χ2n) is 12.6. The summed E-state index contributed by atoms with van der Waals surface area (Å²) >= 11 is 0. The number of carbonyl (C=O) groups is 5. The van der Waals surface area contributed by atoms with Crippen molar-refractivity contribution in [2.75, 3.05) is 52.5 Å². The highest BCUT2D eigenvalue weighted by atomic mass is 16.6. The summed E-state index contributed by atoms with van der Waals surface area (Å²) < 4.78 is 21.7. The number of ether oxygens (including phenoxy) is 4. The Labute approximate surface area is 279 Å². The number of Topliss-reactive ketones (excluding diaryl/α,β-unsaturated/α-hetero) is 1. The molecule has 0 N–H and O–H groups in total. The van der Waals surface area contributed by atoms with Crippen LogP contribution in [-0.2, 0) is 23.8 Å². The fourth-order valence-electron chi connectivity index (χ4n) is 6.68. The van der Waals surface area contributed by atoms with Gasteiger partial charge in [-0.25, -0.2) is 14.4 Å². The first-order chi connectivity index (χ1) is 23.3. The number of cyclic esters (lactones) is 1. The minimum absolute atomic E-state index is 0.00811. The summed E-state index contributed by atoms with van der Waals surface area (Å²) in [5, 5.41) is 0. The monoisotopic (exact) mass is 659 g/mol. The zero-order chi connectivity index (χ0) is 33.5. The molecule has 2 aromatic rings. The normalized spacial score (nSPS) is 20.0. The average molecular weight is 660 g/mol. The van der Waals surface area contributed by atoms with Gasteiger partial charge in [0.1, 0.15) is 24.2 Å². The summed E-state index contributed by atoms with van der Waals surface area (Å²) in [6.07, 6.45) is 7.69. The highest BCUT2D eigenvalue weighted by molar-refractivity contribution is 6.03. The molecule has 254 valence electrons. The largest absolute Gasteiger partial charge is 0.482 e. The molecule has 0 atom stereocenters. The predicted octanol–water partition coefficient (Wildman–Crippen LogP) is 4.08. The van der Waals surface area contributed by atoms with Crippen LogP contribution in [-0.4, -0.2) is 109 Å². The molecule has 0 radical (unpaired) electrons. The average Bonchev–Trinajstić information content (AvgIpc) is 3.43. The topological polar surface area (TPSA) is 132 Å². The van der Waals surface area contributed by atoms with E-state index in [0.717, 1.165) is 25.7 Å². The molecule has 0 aromatic heterocycles. The van der Waals surface area contributed by atoms with Gasteiger partial charge in [0.15, 0.2) is 12.4 Å². The fraction of sp³-hybridized carbons (Fsp3) is 0.472. The molecule has 12 nitrogen and oxygen atoms in total. The maximum absolute atomic E-state index is 13.0. The second kappa shape index (κ2) is 15.5. The Hall–Kier alpha value is -4.71. The summed E-state index contributed by atoms with van der Waals surface area (Å²) in [5.41, 5.74) is 1.64. The number of ketones is 1. The van der Waals surface area contributed by atoms with Gasteiger partial charge in [-0.2, -0.15) is 0 Å². The van der Waals surface area contributed by atoms with Gasteiger partial charge in [0, 0.05) is 43.3 Å². The Kier molecular flexibility index (Phi) is 10.7. The molecule has 3 heterocycles. The number of hydrogen-bond acceptors (Lipinski definition) is 10. The lowest BCUT2D eigenvalue weighted by molar-refractivity contribution is -0.152. The molecule has 0 bridgehead atoms. The zero-order valence-electron chi connectivity index (χ0n) is 27.0. The summed E-state index contributed by atoms with van der Waals surface area (Å²) in [5.74, 6) is -0.221. The molecule has 3 aliphatic heterocycles. The van der Waals surface area contributed by atoms with Crippen LogP contribution in [0.4, 0.5) is 4.79 Å². The minimum Gasteiger partial charge on any atom is -0.482 e. The van der Waals surface area contributed by atoms with Gasteiger partial charge < -0.3 is 28.7 Å². The Morgan fingerprint density at radius 3 is 2.31 bits per heavy atom. The van der Waals surface area contributed by atoms with E-state index in [1.165, 1.54) is 6.42 Å². The molecular weight excluding hydrogens is 618 g/mol. The summed E-state index contributed by atoms with van der Waals surface area (Å²) in [7, 11) is 0. The van der Waals surface area contributed by atoms with Crippen LogP contribution in [0.1, 0.15) is 71.2 Å². The maximum Gasteiger partial charge on any atom is 0.410 e. The SMILES string of the molecule is O=C(COc1ccc(C(=O)CN2CCN(C3CCN(C(=O)OCC=C4OC(=O)c5ccccc54)CC3)CC2=O)cc1)OC1CCCCC1. The smallest absolute Gasteiger partial charge is 0.410 e. The van der Waals surface area contributed by atoms with Crippen LogP contribution >= 0.6 is 0 Å². The van der Waals surface area contributed by atoms with Crippen LogP contribution in [0.5, 0.6) is 5.75 Å². The highest BCUT2D eigenvalue weighted by Crippen LogP contribution is 2.29. The van der Waals surface area contributed by atoms with E-state index in [9.17, 15) is 24.0 Å². The molecule has 6 rings (SSSR count). The van der Waals surface area contributed by atoms with Gasteiger partial charge in [-0.3, -0.25) is 14.5 Å². The van der Waals surface area contributed by atoms with Crippen molar-refractivity contribution in [2.24, 2.45) is 0 Å². The molecule has 48 heavy (non-hydrogen) atoms. The molecule has 4 aliphatic rings. The van der Waals surface area contributed by atoms with Crippen molar-refractivity contribution in [3.8, 4) is 5.75 Å². The number of carbonyl (C=O) groups excluding carboxylic acids is 5. The lowest BCUT2D eigenvalue weighted by atomic mass is 9.98. The third kappa shape index (κ3) is 8.22. The second-order valence-corrected chi connectivity index (χ2v) is 12.6. The number of amides is 2. The van der Waals surface area contributed by atoms with Crippen molar-refractivity contribution in [3.05, 3.63) is 71.3 Å². The zero-order valence-corrected chi connectivity index (χ0v) is 27.0. The third-order valence-electron chi connectivity index (χ3n) is 9.40. The van der Waals surface area contributed by atoms with Gasteiger partial charge in [-0.1, -0.05) is 24.6 Å². The van der Waals surface area contributed by atoms with Crippen LogP contribution in [0, 0.1) is 0 Å². The van der Waals surface area contributed by atoms with E-state index in [1.807, 2.05) is 6.07 Å². The molecule has 2 amide bonds. The molecule has 1 saturated carbocycles. The van der Waals surface area contributed by atoms with Crippen LogP contribution < -0.4 is 4.74 Å². The van der Waals surface area contributed by atoms with Gasteiger partial charge >= 0.3 is 18.0 Å². The van der Waals surface area contributed by atoms with Crippen LogP contribution in [0.2, 0.25) is 0 Å². The molecule has 2 saturated heterocycles. The molecular formula is C36H41N3O9. The third-order valence-corrected chi connectivity index (χ3v) is 9.40. The Morgan fingerprint density at radius 1 is 0.854 bits per heavy atom. The van der Waals surface area contributed by atoms with E-state index in [1.54, 1.807) is 58.3 Å². The first kappa shape index (κ1) is 33.2. The van der Waals surface area contributed by atoms with Crippen LogP contribution in [0.25, 0.3) is 5.76 Å². The van der Waals surface area contributed by atoms with E-state index in [2.05, 4.69) is 4.90 Å². The van der Waals surface area contributed by atoms with E-state index in [4.69, 9.17) is 18.9 Å². The van der Waals surface area contributed by atoms with Crippen molar-refractivity contribution in [1.82, 2.24) is 14.7 Å². The first-order valence-electron chi connectivity index (χ1n) is 16.7. The number of esters is 2. The lowest BCUT2D eigenvalue weighted by Gasteiger charge is -2.41. The number of nitrogens with zero attached hydrogens (tertiary/aromatic N) is 3. The van der Waals surface area contributed by atoms with E-state index >= 15 is 0 Å². The molecule has 0 spiro atoms. The number of hydrogen-bond donors (Lipinski definition) is 0. The fourth-order valence-corrected chi connectivity index (χ4v) is 6.68. The quantitative estimate of drug-likeness (QED) is 0.209. The lowest BCUT2D eigenvalue weighted by Crippen LogP contribution is -2.56. The Bertz CT molecular complexity index is 1540. The number of piperidine rings is 1. The Balaban J connectivity index is 0.888. The minimum atomic E-state index is -0.431. The van der Waals surface area contributed by atoms with Gasteiger partial charge in [0.25, 0.3) is 0 Å². The molecule has 2 aromatic carbocycles. The maximum atomic E-state index is 13.0. The number of rotatable bonds is 10. The Morgan fingerprint density at radius 2 is 1.58 bits per heavy atom. The number of fused-ring (bicyclic) bond motifs is 1. The number of benzene rings is 2. The molecule has 3 fully saturated rings. The molecule has 12 heteroatoms. The number of piperazine rings is 1. The van der Waals surface area contributed by atoms with E-state index in [-0.39, 0.29) is 56.1 Å². The summed E-state index contributed by atoms with van der Waals surface area (Å²) in [6.45, 7) is 2.12. The van der Waals surface area contributed by atoms with Crippen LogP contribution in [0.3, 0.4) is 0 Å². The van der Waals surface area contributed by atoms with E-state index < -0.39 is 12.1 Å². The summed E-state index contributed by atoms with van der Waals surface area (Å²) in [6, 6.07) is 13.8. The highest BCUT2D eigenvalue weighted by Gasteiger charge is 2.33. The molecule has 0 unspecified atom stereocenters. The van der Waals surface area contributed by atoms with Gasteiger partial charge in [0.2, 0.25) is 5.91 Å². The standard InChI is InChI=1S/C36H41N3O9/c40-31(25-10-12-27(13-11-25)46-24-34(42)47-28-6-2-1-3-7-28)22-39-20-19-38(23-33(39)41)26-14-17-37(18-15-26)36(44)45-21-16-32-29-8-4-5-9-30(29)35(43)48-32/h4-5,8-13,16,26,28H,1-3,6-7,14-15,17-24H2. The molecule has 1 aliphatic carbocycles. The first-order valence-corrected chi connectivity index (χ1v) is 16.7. The van der Waals surface area contributed by atoms with Crippen molar-refractivity contribution in [3.63, 3.8) is 0 Å². The van der Waals surface area contributed by atoms with Gasteiger partial charge in [-0.05, 0) is 74.9 Å². The van der Waals surface area contributed by atoms with Crippen molar-refractivity contribution in [1.29, 1.82) is 0 Å². The van der Waals surface area contributed by atoms with Gasteiger partial charge in [0.05, 0.1) is 18.7 Å². The van der Waals surface area contributed by atoms with Crippen molar-refractivity contribution >= 4 is 35.5 Å². The van der Waals surface area contributed by atoms with E-state index in [0.29, 0.717) is 67.2 Å². The number of likely N-dealkylation sites (tertiary alicyclic amines) is 1. The van der Waals surface area contributed by atoms with Crippen molar-refractivity contribution < 1.29 is 42.9 Å². The van der Waals surface area contributed by atoms with Crippen molar-refractivity contribution in [2.45, 2.75) is 57.1 Å². The van der Waals surface area contributed by atoms with Crippen LogP contribution in [0.15, 0.2) is 54.6 Å². The van der Waals surface area contributed by atoms with Gasteiger partial charge in [-0.15, -0.1) is 0 Å². The predicted molar refractivity (Wildman–Crippen MR) is 173 cm³/mol.